The topological polar surface area (TPSA) is 209 Å². The molecule has 1 aromatic rings. The summed E-state index contributed by atoms with van der Waals surface area (Å²) in [6.45, 7) is -1.39. The molecule has 1 rings (SSSR count). The second-order valence-electron chi connectivity index (χ2n) is 6.88. The maximum Gasteiger partial charge on any atom is 0.370 e. The molecule has 1 aromatic carbocycles. The van der Waals surface area contributed by atoms with Crippen LogP contribution in [0.5, 0.6) is 0 Å². The number of anilines is 1. The SMILES string of the molecule is C[C@](C(=O)O)(c1ccccc1NNC(=O)N=S)N(CCN(CC(=O)O)CC(=O)O)CC(=O)O. The molecule has 0 bridgehead atoms. The number of urea groups is 1. The molecule has 33 heavy (non-hydrogen) atoms. The summed E-state index contributed by atoms with van der Waals surface area (Å²) in [6, 6.07) is 4.95. The second kappa shape index (κ2) is 12.4. The standard InChI is InChI=1S/C18H23N5O9S/c1-18(16(30)31,11-4-2-3-5-12(11)19-20-17(32)21-33)23(10-15(28)29)7-6-22(8-13(24)25)9-14(26)27/h2-5,19H,6-10H2,1H3,(H,20,32)(H,24,25)(H,26,27)(H,28,29)(H,30,31)/t18-/m1/s1. The van der Waals surface area contributed by atoms with Gasteiger partial charge < -0.3 is 20.4 Å². The number of carbonyl (C=O) groups is 5. The number of nitrogens with one attached hydrogen (secondary N) is 2. The van der Waals surface area contributed by atoms with E-state index in [0.717, 1.165) is 9.80 Å². The minimum atomic E-state index is -1.99. The van der Waals surface area contributed by atoms with Crippen LogP contribution in [-0.4, -0.2) is 92.9 Å². The van der Waals surface area contributed by atoms with Gasteiger partial charge in [0.25, 0.3) is 0 Å². The van der Waals surface area contributed by atoms with Gasteiger partial charge in [-0.15, -0.1) is 4.36 Å². The molecule has 1 atom stereocenters. The van der Waals surface area contributed by atoms with E-state index in [4.69, 9.17) is 10.2 Å². The van der Waals surface area contributed by atoms with E-state index in [1.54, 1.807) is 0 Å². The molecule has 0 saturated heterocycles. The predicted molar refractivity (Wildman–Crippen MR) is 114 cm³/mol. The minimum absolute atomic E-state index is 0.0615. The number of carboxylic acid groups (broad SMARTS) is 4. The van der Waals surface area contributed by atoms with Gasteiger partial charge in [-0.25, -0.2) is 15.0 Å². The van der Waals surface area contributed by atoms with E-state index in [9.17, 15) is 34.2 Å². The van der Waals surface area contributed by atoms with Crippen LogP contribution in [0.3, 0.4) is 0 Å². The summed E-state index contributed by atoms with van der Waals surface area (Å²) in [5.74, 6) is -5.42. The monoisotopic (exact) mass is 485 g/mol. The zero-order chi connectivity index (χ0) is 25.2. The first-order valence-corrected chi connectivity index (χ1v) is 9.63. The lowest BCUT2D eigenvalue weighted by atomic mass is 9.88. The quantitative estimate of drug-likeness (QED) is 0.186. The zero-order valence-corrected chi connectivity index (χ0v) is 18.2. The lowest BCUT2D eigenvalue weighted by Crippen LogP contribution is -2.54. The minimum Gasteiger partial charge on any atom is -0.480 e. The summed E-state index contributed by atoms with van der Waals surface area (Å²) in [5.41, 5.74) is 2.81. The first-order valence-electron chi connectivity index (χ1n) is 9.26. The van der Waals surface area contributed by atoms with Gasteiger partial charge in [-0.05, 0) is 13.0 Å². The number of hydrogen-bond acceptors (Lipinski definition) is 9. The van der Waals surface area contributed by atoms with Crippen LogP contribution in [0.1, 0.15) is 12.5 Å². The molecule has 0 aliphatic carbocycles. The van der Waals surface area contributed by atoms with Gasteiger partial charge in [-0.3, -0.25) is 29.6 Å². The Morgan fingerprint density at radius 1 is 0.939 bits per heavy atom. The molecule has 6 N–H and O–H groups in total. The van der Waals surface area contributed by atoms with Crippen LogP contribution in [0.25, 0.3) is 0 Å². The van der Waals surface area contributed by atoms with Gasteiger partial charge in [0.2, 0.25) is 0 Å². The van der Waals surface area contributed by atoms with Gasteiger partial charge >= 0.3 is 29.9 Å². The molecular formula is C18H23N5O9S. The van der Waals surface area contributed by atoms with Crippen molar-refractivity contribution >= 4 is 48.0 Å². The van der Waals surface area contributed by atoms with E-state index in [1.165, 1.54) is 31.2 Å². The molecule has 15 heteroatoms. The predicted octanol–water partition coefficient (Wildman–Crippen LogP) is -0.389. The zero-order valence-electron chi connectivity index (χ0n) is 17.4. The Morgan fingerprint density at radius 2 is 1.48 bits per heavy atom. The van der Waals surface area contributed by atoms with Gasteiger partial charge in [0.15, 0.2) is 0 Å². The van der Waals surface area contributed by atoms with Crippen molar-refractivity contribution in [1.82, 2.24) is 15.2 Å². The number of nitrogens with zero attached hydrogens (tertiary/aromatic N) is 3. The van der Waals surface area contributed by atoms with Crippen molar-refractivity contribution in [2.75, 3.05) is 38.1 Å². The van der Waals surface area contributed by atoms with Crippen molar-refractivity contribution in [2.24, 2.45) is 4.36 Å². The first-order chi connectivity index (χ1) is 15.4. The van der Waals surface area contributed by atoms with Gasteiger partial charge in [-0.1, -0.05) is 18.2 Å². The average Bonchev–Trinajstić information content (AvgIpc) is 2.73. The number of rotatable bonds is 14. The first kappa shape index (κ1) is 27.3. The van der Waals surface area contributed by atoms with Crippen molar-refractivity contribution in [1.29, 1.82) is 0 Å². The molecule has 0 aromatic heterocycles. The summed E-state index contributed by atoms with van der Waals surface area (Å²) in [6.07, 6.45) is 0. The number of amides is 2. The normalized spacial score (nSPS) is 12.6. The van der Waals surface area contributed by atoms with Gasteiger partial charge in [0, 0.05) is 31.1 Å². The highest BCUT2D eigenvalue weighted by atomic mass is 32.1. The Balaban J connectivity index is 3.38. The number of aliphatic carboxylic acids is 4. The summed E-state index contributed by atoms with van der Waals surface area (Å²) in [7, 11) is 0. The molecule has 2 amide bonds. The number of para-hydroxylation sites is 1. The molecule has 0 unspecified atom stereocenters. The van der Waals surface area contributed by atoms with Crippen LogP contribution < -0.4 is 10.9 Å². The van der Waals surface area contributed by atoms with Gasteiger partial charge in [0.1, 0.15) is 5.54 Å². The molecule has 0 heterocycles. The molecule has 0 spiro atoms. The van der Waals surface area contributed by atoms with Crippen molar-refractivity contribution in [3.63, 3.8) is 0 Å². The third kappa shape index (κ3) is 8.06. The highest BCUT2D eigenvalue weighted by Gasteiger charge is 2.44. The van der Waals surface area contributed by atoms with Crippen LogP contribution in [0.2, 0.25) is 0 Å². The van der Waals surface area contributed by atoms with E-state index in [0.29, 0.717) is 0 Å². The third-order valence-corrected chi connectivity index (χ3v) is 4.78. The fourth-order valence-corrected chi connectivity index (χ4v) is 3.11. The number of hydrazine groups is 1. The Labute approximate surface area is 192 Å². The van der Waals surface area contributed by atoms with Crippen molar-refractivity contribution in [2.45, 2.75) is 12.5 Å². The highest BCUT2D eigenvalue weighted by molar-refractivity contribution is 7.47. The van der Waals surface area contributed by atoms with Gasteiger partial charge in [-0.2, -0.15) is 0 Å². The van der Waals surface area contributed by atoms with Crippen molar-refractivity contribution in [3.05, 3.63) is 29.8 Å². The summed E-state index contributed by atoms with van der Waals surface area (Å²) in [4.78, 5) is 59.4. The Morgan fingerprint density at radius 3 is 1.97 bits per heavy atom. The summed E-state index contributed by atoms with van der Waals surface area (Å²) >= 11 is 4.26. The largest absolute Gasteiger partial charge is 0.480 e. The van der Waals surface area contributed by atoms with Gasteiger partial charge in [0.05, 0.1) is 25.3 Å². The fourth-order valence-electron chi connectivity index (χ4n) is 3.06. The third-order valence-electron chi connectivity index (χ3n) is 4.62. The molecule has 0 aliphatic rings. The van der Waals surface area contributed by atoms with E-state index >= 15 is 0 Å². The Bertz CT molecular complexity index is 912. The molecular weight excluding hydrogens is 462 g/mol. The molecule has 0 aliphatic heterocycles. The Hall–Kier alpha value is -3.69. The number of hydrogen-bond donors (Lipinski definition) is 6. The molecule has 180 valence electrons. The fraction of sp³-hybridized carbons (Fsp3) is 0.389. The van der Waals surface area contributed by atoms with E-state index in [2.05, 4.69) is 27.6 Å². The number of carbonyl (C=O) groups excluding carboxylic acids is 1. The van der Waals surface area contributed by atoms with E-state index in [1.807, 2.05) is 0 Å². The lowest BCUT2D eigenvalue weighted by Gasteiger charge is -2.39. The smallest absolute Gasteiger partial charge is 0.370 e. The highest BCUT2D eigenvalue weighted by Crippen LogP contribution is 2.34. The number of carboxylic acids is 4. The average molecular weight is 485 g/mol. The van der Waals surface area contributed by atoms with E-state index < -0.39 is 55.1 Å². The molecule has 14 nitrogen and oxygen atoms in total. The molecule has 0 radical (unpaired) electrons. The maximum absolute atomic E-state index is 12.4. The maximum atomic E-state index is 12.4. The van der Waals surface area contributed by atoms with E-state index in [-0.39, 0.29) is 24.3 Å². The van der Waals surface area contributed by atoms with Crippen LogP contribution >= 0.6 is 0 Å². The number of benzene rings is 1. The summed E-state index contributed by atoms with van der Waals surface area (Å²) in [5, 5.41) is 37.5. The van der Waals surface area contributed by atoms with Crippen LogP contribution in [0.15, 0.2) is 28.6 Å². The van der Waals surface area contributed by atoms with Crippen LogP contribution in [0.4, 0.5) is 10.5 Å². The van der Waals surface area contributed by atoms with Crippen molar-refractivity contribution < 1.29 is 44.4 Å². The Kier molecular flexibility index (Phi) is 10.3. The summed E-state index contributed by atoms with van der Waals surface area (Å²) < 4.78 is 2.97. The molecule has 0 saturated carbocycles. The molecule has 0 fully saturated rings. The van der Waals surface area contributed by atoms with Crippen molar-refractivity contribution in [3.8, 4) is 0 Å². The van der Waals surface area contributed by atoms with Crippen LogP contribution in [-0.2, 0) is 37.1 Å². The second-order valence-corrected chi connectivity index (χ2v) is 7.07. The lowest BCUT2D eigenvalue weighted by molar-refractivity contribution is -0.155. The van der Waals surface area contributed by atoms with Crippen LogP contribution in [0, 0.1) is 0 Å².